The normalized spacial score (nSPS) is 18.3. The molecule has 0 atom stereocenters. The van der Waals surface area contributed by atoms with Crippen molar-refractivity contribution in [3.05, 3.63) is 0 Å². The number of alkyl halides is 1. The summed E-state index contributed by atoms with van der Waals surface area (Å²) in [7, 11) is 0. The van der Waals surface area contributed by atoms with E-state index in [1.54, 1.807) is 0 Å². The first-order chi connectivity index (χ1) is 4.77. The third kappa shape index (κ3) is 1.15. The predicted molar refractivity (Wildman–Crippen MR) is 36.0 cm³/mol. The van der Waals surface area contributed by atoms with Gasteiger partial charge in [0.05, 0.1) is 6.67 Å². The monoisotopic (exact) mass is 144 g/mol. The van der Waals surface area contributed by atoms with E-state index in [1.165, 1.54) is 4.90 Å². The molecular formula is C6H9FN2O. The van der Waals surface area contributed by atoms with Crippen LogP contribution in [-0.2, 0) is 0 Å². The lowest BCUT2D eigenvalue weighted by Gasteiger charge is -2.35. The van der Waals surface area contributed by atoms with Gasteiger partial charge in [0.15, 0.2) is 0 Å². The highest BCUT2D eigenvalue weighted by Crippen LogP contribution is 2.15. The number of urea groups is 1. The van der Waals surface area contributed by atoms with Gasteiger partial charge in [-0.25, -0.2) is 9.79 Å². The van der Waals surface area contributed by atoms with Crippen molar-refractivity contribution in [2.24, 2.45) is 10.9 Å². The van der Waals surface area contributed by atoms with Crippen molar-refractivity contribution in [1.82, 2.24) is 4.90 Å². The van der Waals surface area contributed by atoms with E-state index in [0.29, 0.717) is 13.1 Å². The third-order valence-corrected chi connectivity index (χ3v) is 1.58. The highest BCUT2D eigenvalue weighted by atomic mass is 19.1. The number of hydrogen-bond acceptors (Lipinski definition) is 1. The molecule has 3 nitrogen and oxygen atoms in total. The summed E-state index contributed by atoms with van der Waals surface area (Å²) in [5.41, 5.74) is 0. The molecule has 0 N–H and O–H groups in total. The van der Waals surface area contributed by atoms with E-state index in [4.69, 9.17) is 0 Å². The number of rotatable bonds is 1. The van der Waals surface area contributed by atoms with Crippen LogP contribution in [0.5, 0.6) is 0 Å². The molecule has 1 aliphatic rings. The van der Waals surface area contributed by atoms with Crippen LogP contribution in [0.1, 0.15) is 0 Å². The SMILES string of the molecule is C=NC(=O)N1CC(CF)C1. The lowest BCUT2D eigenvalue weighted by Crippen LogP contribution is -2.49. The fourth-order valence-corrected chi connectivity index (χ4v) is 0.924. The molecule has 1 saturated heterocycles. The van der Waals surface area contributed by atoms with Gasteiger partial charge in [-0.3, -0.25) is 4.39 Å². The van der Waals surface area contributed by atoms with Gasteiger partial charge < -0.3 is 4.90 Å². The Morgan fingerprint density at radius 3 is 2.80 bits per heavy atom. The Morgan fingerprint density at radius 2 is 2.40 bits per heavy atom. The average molecular weight is 144 g/mol. The summed E-state index contributed by atoms with van der Waals surface area (Å²) < 4.78 is 11.8. The van der Waals surface area contributed by atoms with Gasteiger partial charge in [-0.2, -0.15) is 0 Å². The molecule has 1 heterocycles. The van der Waals surface area contributed by atoms with E-state index in [0.717, 1.165) is 0 Å². The van der Waals surface area contributed by atoms with E-state index in [9.17, 15) is 9.18 Å². The average Bonchev–Trinajstić information content (AvgIpc) is 1.85. The minimum absolute atomic E-state index is 0.0331. The van der Waals surface area contributed by atoms with E-state index in [1.807, 2.05) is 0 Å². The lowest BCUT2D eigenvalue weighted by atomic mass is 10.0. The molecule has 0 spiro atoms. The van der Waals surface area contributed by atoms with E-state index in [-0.39, 0.29) is 18.6 Å². The molecular weight excluding hydrogens is 135 g/mol. The second-order valence-corrected chi connectivity index (χ2v) is 2.37. The summed E-state index contributed by atoms with van der Waals surface area (Å²) in [4.78, 5) is 15.3. The van der Waals surface area contributed by atoms with Gasteiger partial charge in [-0.1, -0.05) is 0 Å². The smallest absolute Gasteiger partial charge is 0.322 e. The van der Waals surface area contributed by atoms with Crippen LogP contribution in [0.2, 0.25) is 0 Å². The van der Waals surface area contributed by atoms with Gasteiger partial charge in [0, 0.05) is 19.0 Å². The number of hydrogen-bond donors (Lipinski definition) is 0. The van der Waals surface area contributed by atoms with Crippen LogP contribution in [0.3, 0.4) is 0 Å². The first-order valence-electron chi connectivity index (χ1n) is 3.09. The fraction of sp³-hybridized carbons (Fsp3) is 0.667. The molecule has 0 aromatic heterocycles. The molecule has 1 fully saturated rings. The highest BCUT2D eigenvalue weighted by molar-refractivity contribution is 5.79. The second kappa shape index (κ2) is 2.77. The summed E-state index contributed by atoms with van der Waals surface area (Å²) in [5.74, 6) is 0.0331. The summed E-state index contributed by atoms with van der Waals surface area (Å²) in [6.07, 6.45) is 0. The highest BCUT2D eigenvalue weighted by Gasteiger charge is 2.29. The number of amides is 2. The molecule has 1 rings (SSSR count). The summed E-state index contributed by atoms with van der Waals surface area (Å²) >= 11 is 0. The van der Waals surface area contributed by atoms with Gasteiger partial charge in [-0.15, -0.1) is 0 Å². The standard InChI is InChI=1S/C6H9FN2O/c1-8-6(10)9-3-5(2-7)4-9/h5H,1-4H2. The third-order valence-electron chi connectivity index (χ3n) is 1.58. The molecule has 0 aliphatic carbocycles. The molecule has 0 bridgehead atoms. The first-order valence-corrected chi connectivity index (χ1v) is 3.09. The van der Waals surface area contributed by atoms with Gasteiger partial charge in [0.2, 0.25) is 0 Å². The number of carbonyl (C=O) groups excluding carboxylic acids is 1. The first kappa shape index (κ1) is 7.18. The van der Waals surface area contributed by atoms with E-state index in [2.05, 4.69) is 11.7 Å². The maximum atomic E-state index is 11.8. The van der Waals surface area contributed by atoms with Crippen LogP contribution >= 0.6 is 0 Å². The van der Waals surface area contributed by atoms with Gasteiger partial charge in [-0.05, 0) is 6.72 Å². The fourth-order valence-electron chi connectivity index (χ4n) is 0.924. The van der Waals surface area contributed by atoms with E-state index >= 15 is 0 Å². The largest absolute Gasteiger partial charge is 0.342 e. The maximum Gasteiger partial charge on any atom is 0.342 e. The summed E-state index contributed by atoms with van der Waals surface area (Å²) in [5, 5.41) is 0. The molecule has 56 valence electrons. The Bertz CT molecular complexity index is 154. The molecule has 2 amide bonds. The van der Waals surface area contributed by atoms with Crippen molar-refractivity contribution in [3.8, 4) is 0 Å². The quantitative estimate of drug-likeness (QED) is 0.499. The second-order valence-electron chi connectivity index (χ2n) is 2.37. The van der Waals surface area contributed by atoms with E-state index < -0.39 is 0 Å². The maximum absolute atomic E-state index is 11.8. The van der Waals surface area contributed by atoms with Crippen LogP contribution in [0.15, 0.2) is 4.99 Å². The van der Waals surface area contributed by atoms with Crippen molar-refractivity contribution < 1.29 is 9.18 Å². The zero-order valence-corrected chi connectivity index (χ0v) is 5.59. The molecule has 0 saturated carbocycles. The molecule has 1 aliphatic heterocycles. The Hall–Kier alpha value is -0.930. The molecule has 10 heavy (non-hydrogen) atoms. The van der Waals surface area contributed by atoms with Gasteiger partial charge >= 0.3 is 6.03 Å². The zero-order chi connectivity index (χ0) is 7.56. The van der Waals surface area contributed by atoms with Crippen LogP contribution in [0, 0.1) is 5.92 Å². The molecule has 0 unspecified atom stereocenters. The molecule has 0 aromatic rings. The topological polar surface area (TPSA) is 32.7 Å². The summed E-state index contributed by atoms with van der Waals surface area (Å²) in [6, 6.07) is -0.343. The Balaban J connectivity index is 2.25. The van der Waals surface area contributed by atoms with Crippen LogP contribution in [-0.4, -0.2) is 37.4 Å². The Kier molecular flexibility index (Phi) is 1.99. The van der Waals surface area contributed by atoms with Crippen molar-refractivity contribution in [1.29, 1.82) is 0 Å². The molecule has 4 heteroatoms. The minimum atomic E-state index is -0.346. The lowest BCUT2D eigenvalue weighted by molar-refractivity contribution is 0.110. The van der Waals surface area contributed by atoms with Crippen LogP contribution < -0.4 is 0 Å². The number of aliphatic imine (C=N–C) groups is 1. The van der Waals surface area contributed by atoms with Gasteiger partial charge in [0.25, 0.3) is 0 Å². The summed E-state index contributed by atoms with van der Waals surface area (Å²) in [6.45, 7) is 3.72. The van der Waals surface area contributed by atoms with Gasteiger partial charge in [0.1, 0.15) is 0 Å². The van der Waals surface area contributed by atoms with Crippen LogP contribution in [0.25, 0.3) is 0 Å². The Labute approximate surface area is 58.5 Å². The number of halogens is 1. The van der Waals surface area contributed by atoms with Crippen molar-refractivity contribution in [3.63, 3.8) is 0 Å². The molecule has 0 aromatic carbocycles. The minimum Gasteiger partial charge on any atom is -0.322 e. The number of carbonyl (C=O) groups is 1. The van der Waals surface area contributed by atoms with Crippen molar-refractivity contribution in [2.75, 3.05) is 19.8 Å². The molecule has 0 radical (unpaired) electrons. The number of likely N-dealkylation sites (tertiary alicyclic amines) is 1. The Morgan fingerprint density at radius 1 is 1.80 bits per heavy atom. The van der Waals surface area contributed by atoms with Crippen molar-refractivity contribution >= 4 is 12.7 Å². The van der Waals surface area contributed by atoms with Crippen LogP contribution in [0.4, 0.5) is 9.18 Å². The predicted octanol–water partition coefficient (Wildman–Crippen LogP) is 0.708. The van der Waals surface area contributed by atoms with Crippen molar-refractivity contribution in [2.45, 2.75) is 0 Å². The number of nitrogens with zero attached hydrogens (tertiary/aromatic N) is 2. The zero-order valence-electron chi connectivity index (χ0n) is 5.59.